The smallest absolute Gasteiger partial charge is 0.165 e. The predicted octanol–water partition coefficient (Wildman–Crippen LogP) is 1.81. The lowest BCUT2D eigenvalue weighted by atomic mass is 10.1. The summed E-state index contributed by atoms with van der Waals surface area (Å²) in [6.45, 7) is 2.60. The summed E-state index contributed by atoms with van der Waals surface area (Å²) in [6, 6.07) is 4.99. The molecule has 0 aliphatic heterocycles. The summed E-state index contributed by atoms with van der Waals surface area (Å²) in [5.74, 6) is -0.0948. The predicted molar refractivity (Wildman–Crippen MR) is 69.2 cm³/mol. The molecule has 5 nitrogen and oxygen atoms in total. The number of rotatable bonds is 5. The maximum Gasteiger partial charge on any atom is 0.165 e. The first-order chi connectivity index (χ1) is 9.11. The largest absolute Gasteiger partial charge is 0.494 e. The summed E-state index contributed by atoms with van der Waals surface area (Å²) in [7, 11) is 3.29. The van der Waals surface area contributed by atoms with Crippen LogP contribution in [0.2, 0.25) is 0 Å². The van der Waals surface area contributed by atoms with Gasteiger partial charge >= 0.3 is 0 Å². The molecule has 1 aromatic heterocycles. The minimum Gasteiger partial charge on any atom is -0.494 e. The third-order valence-corrected chi connectivity index (χ3v) is 3.07. The molecule has 1 heterocycles. The summed E-state index contributed by atoms with van der Waals surface area (Å²) in [6.07, 6.45) is 1.70. The number of nitrogens with zero attached hydrogens (tertiary/aromatic N) is 3. The first kappa shape index (κ1) is 13.5. The van der Waals surface area contributed by atoms with Crippen LogP contribution in [0.15, 0.2) is 24.4 Å². The van der Waals surface area contributed by atoms with Crippen molar-refractivity contribution in [2.45, 2.75) is 19.5 Å². The second-order valence-electron chi connectivity index (χ2n) is 4.35. The van der Waals surface area contributed by atoms with E-state index in [9.17, 15) is 4.39 Å². The van der Waals surface area contributed by atoms with E-state index in [1.807, 2.05) is 20.0 Å². The van der Waals surface area contributed by atoms with Crippen molar-refractivity contribution in [3.05, 3.63) is 41.5 Å². The number of halogens is 1. The molecular weight excluding hydrogens is 247 g/mol. The van der Waals surface area contributed by atoms with E-state index < -0.39 is 0 Å². The Hall–Kier alpha value is -1.95. The van der Waals surface area contributed by atoms with Crippen molar-refractivity contribution in [2.24, 2.45) is 7.05 Å². The maximum atomic E-state index is 13.6. The molecule has 0 fully saturated rings. The van der Waals surface area contributed by atoms with Crippen molar-refractivity contribution in [3.63, 3.8) is 0 Å². The van der Waals surface area contributed by atoms with Gasteiger partial charge in [0.15, 0.2) is 11.6 Å². The first-order valence-corrected chi connectivity index (χ1v) is 6.02. The Morgan fingerprint density at radius 2 is 2.26 bits per heavy atom. The molecule has 2 aromatic rings. The van der Waals surface area contributed by atoms with Crippen LogP contribution in [0.3, 0.4) is 0 Å². The van der Waals surface area contributed by atoms with E-state index in [-0.39, 0.29) is 17.6 Å². The third kappa shape index (κ3) is 3.08. The summed E-state index contributed by atoms with van der Waals surface area (Å²) < 4.78 is 20.2. The molecule has 6 heteroatoms. The van der Waals surface area contributed by atoms with Gasteiger partial charge in [-0.25, -0.2) is 4.39 Å². The molecule has 1 N–H and O–H groups in total. The van der Waals surface area contributed by atoms with E-state index >= 15 is 0 Å². The molecule has 1 aromatic carbocycles. The summed E-state index contributed by atoms with van der Waals surface area (Å²) in [4.78, 5) is 0. The van der Waals surface area contributed by atoms with Gasteiger partial charge < -0.3 is 10.1 Å². The highest BCUT2D eigenvalue weighted by Crippen LogP contribution is 2.21. The molecule has 2 rings (SSSR count). The second-order valence-corrected chi connectivity index (χ2v) is 4.35. The van der Waals surface area contributed by atoms with Gasteiger partial charge in [-0.05, 0) is 24.6 Å². The average molecular weight is 264 g/mol. The fourth-order valence-electron chi connectivity index (χ4n) is 1.80. The van der Waals surface area contributed by atoms with Gasteiger partial charge in [0.2, 0.25) is 0 Å². The molecule has 0 unspecified atom stereocenters. The highest BCUT2D eigenvalue weighted by molar-refractivity contribution is 5.30. The number of ether oxygens (including phenoxy) is 1. The van der Waals surface area contributed by atoms with Crippen LogP contribution in [0.5, 0.6) is 5.75 Å². The SMILES string of the molecule is COc1ccc([C@@H](C)NCc2cnnn2C)cc1F. The van der Waals surface area contributed by atoms with Crippen molar-refractivity contribution < 1.29 is 9.13 Å². The van der Waals surface area contributed by atoms with Crippen molar-refractivity contribution in [3.8, 4) is 5.75 Å². The topological polar surface area (TPSA) is 52.0 Å². The molecule has 0 aliphatic carbocycles. The fourth-order valence-corrected chi connectivity index (χ4v) is 1.80. The van der Waals surface area contributed by atoms with E-state index in [1.54, 1.807) is 16.9 Å². The van der Waals surface area contributed by atoms with Crippen LogP contribution >= 0.6 is 0 Å². The van der Waals surface area contributed by atoms with Gasteiger partial charge in [0.25, 0.3) is 0 Å². The van der Waals surface area contributed by atoms with Crippen LogP contribution in [-0.2, 0) is 13.6 Å². The Bertz CT molecular complexity index is 555. The maximum absolute atomic E-state index is 13.6. The van der Waals surface area contributed by atoms with Gasteiger partial charge in [-0.1, -0.05) is 11.3 Å². The zero-order valence-corrected chi connectivity index (χ0v) is 11.2. The lowest BCUT2D eigenvalue weighted by Crippen LogP contribution is -2.20. The van der Waals surface area contributed by atoms with Gasteiger partial charge in [0.1, 0.15) is 0 Å². The van der Waals surface area contributed by atoms with Crippen LogP contribution in [0.1, 0.15) is 24.2 Å². The Morgan fingerprint density at radius 1 is 1.47 bits per heavy atom. The zero-order chi connectivity index (χ0) is 13.8. The molecule has 0 radical (unpaired) electrons. The lowest BCUT2D eigenvalue weighted by molar-refractivity contribution is 0.385. The average Bonchev–Trinajstić information content (AvgIpc) is 2.81. The summed E-state index contributed by atoms with van der Waals surface area (Å²) in [5.41, 5.74) is 1.84. The highest BCUT2D eigenvalue weighted by atomic mass is 19.1. The van der Waals surface area contributed by atoms with Crippen LogP contribution in [0.25, 0.3) is 0 Å². The van der Waals surface area contributed by atoms with Gasteiger partial charge in [-0.15, -0.1) is 5.10 Å². The Labute approximate surface area is 111 Å². The highest BCUT2D eigenvalue weighted by Gasteiger charge is 2.10. The molecule has 0 bridgehead atoms. The Morgan fingerprint density at radius 3 is 2.84 bits per heavy atom. The third-order valence-electron chi connectivity index (χ3n) is 3.07. The van der Waals surface area contributed by atoms with Gasteiger partial charge in [0, 0.05) is 19.6 Å². The molecule has 102 valence electrons. The summed E-state index contributed by atoms with van der Waals surface area (Å²) >= 11 is 0. The van der Waals surface area contributed by atoms with E-state index in [4.69, 9.17) is 4.74 Å². The van der Waals surface area contributed by atoms with Crippen LogP contribution in [-0.4, -0.2) is 22.1 Å². The van der Waals surface area contributed by atoms with Crippen LogP contribution in [0, 0.1) is 5.82 Å². The van der Waals surface area contributed by atoms with Crippen molar-refractivity contribution in [1.29, 1.82) is 0 Å². The van der Waals surface area contributed by atoms with E-state index in [0.717, 1.165) is 11.3 Å². The normalized spacial score (nSPS) is 12.4. The quantitative estimate of drug-likeness (QED) is 0.895. The van der Waals surface area contributed by atoms with Crippen molar-refractivity contribution >= 4 is 0 Å². The lowest BCUT2D eigenvalue weighted by Gasteiger charge is -2.15. The number of hydrogen-bond acceptors (Lipinski definition) is 4. The molecule has 1 atom stereocenters. The number of aromatic nitrogens is 3. The second kappa shape index (κ2) is 5.79. The zero-order valence-electron chi connectivity index (χ0n) is 11.2. The number of hydrogen-bond donors (Lipinski definition) is 1. The van der Waals surface area contributed by atoms with Crippen molar-refractivity contribution in [2.75, 3.05) is 7.11 Å². The summed E-state index contributed by atoms with van der Waals surface area (Å²) in [5, 5.41) is 11.0. The number of benzene rings is 1. The first-order valence-electron chi connectivity index (χ1n) is 6.02. The molecule has 0 saturated carbocycles. The van der Waals surface area contributed by atoms with E-state index in [2.05, 4.69) is 15.6 Å². The molecule has 0 amide bonds. The minimum absolute atomic E-state index is 0.0234. The molecule has 19 heavy (non-hydrogen) atoms. The molecule has 0 saturated heterocycles. The minimum atomic E-state index is -0.351. The molecule has 0 spiro atoms. The van der Waals surface area contributed by atoms with Gasteiger partial charge in [0.05, 0.1) is 19.0 Å². The number of nitrogens with one attached hydrogen (secondary N) is 1. The molecule has 0 aliphatic rings. The fraction of sp³-hybridized carbons (Fsp3) is 0.385. The standard InChI is InChI=1S/C13H17FN4O/c1-9(15-7-11-8-16-17-18(11)2)10-4-5-13(19-3)12(14)6-10/h4-6,8-9,15H,7H2,1-3H3/t9-/m1/s1. The van der Waals surface area contributed by atoms with E-state index in [1.165, 1.54) is 13.2 Å². The van der Waals surface area contributed by atoms with Crippen LogP contribution in [0.4, 0.5) is 4.39 Å². The van der Waals surface area contributed by atoms with Gasteiger partial charge in [-0.2, -0.15) is 0 Å². The van der Waals surface area contributed by atoms with Crippen molar-refractivity contribution in [1.82, 2.24) is 20.3 Å². The monoisotopic (exact) mass is 264 g/mol. The van der Waals surface area contributed by atoms with Gasteiger partial charge in [-0.3, -0.25) is 4.68 Å². The van der Waals surface area contributed by atoms with E-state index in [0.29, 0.717) is 6.54 Å². The Kier molecular flexibility index (Phi) is 4.11. The Balaban J connectivity index is 2.02. The van der Waals surface area contributed by atoms with Crippen LogP contribution < -0.4 is 10.1 Å². The number of aryl methyl sites for hydroxylation is 1. The number of methoxy groups -OCH3 is 1. The molecular formula is C13H17FN4O.